The molecule has 0 radical (unpaired) electrons. The van der Waals surface area contributed by atoms with E-state index in [-0.39, 0.29) is 11.6 Å². The van der Waals surface area contributed by atoms with Crippen LogP contribution in [0.3, 0.4) is 0 Å². The lowest BCUT2D eigenvalue weighted by molar-refractivity contribution is 0.628. The minimum Gasteiger partial charge on any atom is -0.359 e. The Kier molecular flexibility index (Phi) is 3.78. The molecule has 3 aromatic rings. The van der Waals surface area contributed by atoms with Crippen molar-refractivity contribution in [1.82, 2.24) is 14.5 Å². The van der Waals surface area contributed by atoms with Crippen LogP contribution in [0.4, 0.5) is 10.2 Å². The second-order valence-electron chi connectivity index (χ2n) is 6.21. The zero-order valence-electron chi connectivity index (χ0n) is 13.5. The topological polar surface area (TPSA) is 35.1 Å². The monoisotopic (exact) mass is 352 g/mol. The summed E-state index contributed by atoms with van der Waals surface area (Å²) in [5.74, 6) is 0.928. The number of nitrogens with zero attached hydrogens (tertiary/aromatic N) is 4. The third-order valence-electron chi connectivity index (χ3n) is 4.32. The van der Waals surface area contributed by atoms with Crippen LogP contribution in [0.1, 0.15) is 24.5 Å². The Morgan fingerprint density at radius 1 is 1.20 bits per heavy atom. The SMILES string of the molecule is [C-]#[N+]c1cn(C)c(-c2cc(F)ccc2-c2cc(Cl)nc(C3CC3)c2)n1. The van der Waals surface area contributed by atoms with Crippen molar-refractivity contribution in [3.8, 4) is 22.5 Å². The molecule has 4 nitrogen and oxygen atoms in total. The maximum atomic E-state index is 13.9. The molecule has 1 aromatic carbocycles. The summed E-state index contributed by atoms with van der Waals surface area (Å²) in [6.07, 6.45) is 3.87. The van der Waals surface area contributed by atoms with E-state index in [1.807, 2.05) is 6.07 Å². The number of rotatable bonds is 3. The van der Waals surface area contributed by atoms with Crippen LogP contribution in [-0.2, 0) is 7.05 Å². The van der Waals surface area contributed by atoms with E-state index in [1.165, 1.54) is 12.1 Å². The van der Waals surface area contributed by atoms with Gasteiger partial charge in [-0.1, -0.05) is 24.2 Å². The minimum atomic E-state index is -0.353. The second-order valence-corrected chi connectivity index (χ2v) is 6.60. The molecule has 6 heteroatoms. The van der Waals surface area contributed by atoms with Gasteiger partial charge in [-0.25, -0.2) is 9.37 Å². The van der Waals surface area contributed by atoms with Crippen molar-refractivity contribution in [1.29, 1.82) is 0 Å². The van der Waals surface area contributed by atoms with E-state index in [9.17, 15) is 4.39 Å². The van der Waals surface area contributed by atoms with E-state index in [0.717, 1.165) is 29.7 Å². The third kappa shape index (κ3) is 3.01. The lowest BCUT2D eigenvalue weighted by atomic mass is 9.98. The fourth-order valence-corrected chi connectivity index (χ4v) is 3.18. The highest BCUT2D eigenvalue weighted by atomic mass is 35.5. The molecule has 2 heterocycles. The van der Waals surface area contributed by atoms with Crippen LogP contribution in [-0.4, -0.2) is 14.5 Å². The summed E-state index contributed by atoms with van der Waals surface area (Å²) in [4.78, 5) is 12.1. The maximum absolute atomic E-state index is 13.9. The van der Waals surface area contributed by atoms with Gasteiger partial charge in [-0.3, -0.25) is 0 Å². The van der Waals surface area contributed by atoms with Crippen LogP contribution >= 0.6 is 11.6 Å². The number of aromatic nitrogens is 3. The predicted octanol–water partition coefficient (Wildman–Crippen LogP) is 5.37. The minimum absolute atomic E-state index is 0.277. The molecule has 124 valence electrons. The number of benzene rings is 1. The smallest absolute Gasteiger partial charge is 0.288 e. The van der Waals surface area contributed by atoms with Gasteiger partial charge in [0.05, 0.1) is 5.56 Å². The molecule has 0 saturated heterocycles. The normalized spacial score (nSPS) is 13.7. The Labute approximate surface area is 149 Å². The Balaban J connectivity index is 1.91. The van der Waals surface area contributed by atoms with Crippen molar-refractivity contribution in [2.45, 2.75) is 18.8 Å². The highest BCUT2D eigenvalue weighted by Gasteiger charge is 2.26. The first-order valence-corrected chi connectivity index (χ1v) is 8.31. The molecular formula is C19H14ClFN4. The van der Waals surface area contributed by atoms with E-state index < -0.39 is 0 Å². The Hall–Kier alpha value is -2.71. The molecular weight excluding hydrogens is 339 g/mol. The molecule has 1 fully saturated rings. The van der Waals surface area contributed by atoms with Crippen molar-refractivity contribution >= 4 is 17.4 Å². The molecule has 0 unspecified atom stereocenters. The molecule has 1 aliphatic rings. The number of pyridine rings is 1. The van der Waals surface area contributed by atoms with Gasteiger partial charge in [0.15, 0.2) is 0 Å². The van der Waals surface area contributed by atoms with Gasteiger partial charge in [-0.2, -0.15) is 0 Å². The molecule has 0 spiro atoms. The highest BCUT2D eigenvalue weighted by molar-refractivity contribution is 6.29. The Morgan fingerprint density at radius 2 is 2.00 bits per heavy atom. The average Bonchev–Trinajstić information content (AvgIpc) is 3.37. The molecule has 0 amide bonds. The van der Waals surface area contributed by atoms with E-state index in [4.69, 9.17) is 18.2 Å². The average molecular weight is 353 g/mol. The summed E-state index contributed by atoms with van der Waals surface area (Å²) in [7, 11) is 1.79. The van der Waals surface area contributed by atoms with Crippen LogP contribution in [0.15, 0.2) is 36.5 Å². The molecule has 0 atom stereocenters. The molecule has 0 bridgehead atoms. The Morgan fingerprint density at radius 3 is 2.68 bits per heavy atom. The van der Waals surface area contributed by atoms with E-state index >= 15 is 0 Å². The predicted molar refractivity (Wildman–Crippen MR) is 95.1 cm³/mol. The van der Waals surface area contributed by atoms with Crippen LogP contribution in [0.25, 0.3) is 27.4 Å². The molecule has 0 N–H and O–H groups in total. The van der Waals surface area contributed by atoms with Crippen LogP contribution in [0.5, 0.6) is 0 Å². The first-order chi connectivity index (χ1) is 12.0. The molecule has 1 saturated carbocycles. The van der Waals surface area contributed by atoms with Gasteiger partial charge in [0.2, 0.25) is 5.82 Å². The van der Waals surface area contributed by atoms with Gasteiger partial charge < -0.3 is 9.41 Å². The van der Waals surface area contributed by atoms with Crippen LogP contribution in [0.2, 0.25) is 5.15 Å². The van der Waals surface area contributed by atoms with Crippen molar-refractivity contribution in [3.05, 3.63) is 64.6 Å². The van der Waals surface area contributed by atoms with Gasteiger partial charge in [0.25, 0.3) is 5.82 Å². The van der Waals surface area contributed by atoms with E-state index in [2.05, 4.69) is 14.8 Å². The summed E-state index contributed by atoms with van der Waals surface area (Å²) >= 11 is 6.21. The zero-order chi connectivity index (χ0) is 17.6. The molecule has 4 rings (SSSR count). The standard InChI is InChI=1S/C19H14ClFN4/c1-22-18-10-25(2)19(24-18)15-9-13(21)5-6-14(15)12-7-16(11-3-4-11)23-17(20)8-12/h5-11H,3-4H2,2H3. The van der Waals surface area contributed by atoms with Gasteiger partial charge in [0.1, 0.15) is 11.0 Å². The molecule has 1 aliphatic carbocycles. The maximum Gasteiger partial charge on any atom is 0.288 e. The second kappa shape index (κ2) is 5.98. The number of imidazole rings is 1. The van der Waals surface area contributed by atoms with Crippen LogP contribution < -0.4 is 0 Å². The lowest BCUT2D eigenvalue weighted by Crippen LogP contribution is -1.96. The molecule has 25 heavy (non-hydrogen) atoms. The number of hydrogen-bond acceptors (Lipinski definition) is 2. The third-order valence-corrected chi connectivity index (χ3v) is 4.51. The fraction of sp³-hybridized carbons (Fsp3) is 0.211. The zero-order valence-corrected chi connectivity index (χ0v) is 14.3. The molecule has 2 aromatic heterocycles. The summed E-state index contributed by atoms with van der Waals surface area (Å²) in [5.41, 5.74) is 3.29. The van der Waals surface area contributed by atoms with Crippen LogP contribution in [0, 0.1) is 12.4 Å². The first-order valence-electron chi connectivity index (χ1n) is 7.94. The number of hydrogen-bond donors (Lipinski definition) is 0. The number of halogens is 2. The van der Waals surface area contributed by atoms with Crippen molar-refractivity contribution in [2.75, 3.05) is 0 Å². The summed E-state index contributed by atoms with van der Waals surface area (Å²) < 4.78 is 15.7. The van der Waals surface area contributed by atoms with Gasteiger partial charge in [-0.15, -0.1) is 4.98 Å². The summed E-state index contributed by atoms with van der Waals surface area (Å²) in [6, 6.07) is 8.38. The fourth-order valence-electron chi connectivity index (χ4n) is 2.97. The quantitative estimate of drug-likeness (QED) is 0.469. The van der Waals surface area contributed by atoms with Crippen molar-refractivity contribution in [3.63, 3.8) is 0 Å². The largest absolute Gasteiger partial charge is 0.359 e. The van der Waals surface area contributed by atoms with E-state index in [1.54, 1.807) is 29.9 Å². The number of aryl methyl sites for hydroxylation is 1. The summed E-state index contributed by atoms with van der Waals surface area (Å²) in [5, 5.41) is 0.427. The van der Waals surface area contributed by atoms with Crippen molar-refractivity contribution < 1.29 is 4.39 Å². The van der Waals surface area contributed by atoms with Crippen molar-refractivity contribution in [2.24, 2.45) is 7.05 Å². The van der Waals surface area contributed by atoms with E-state index in [0.29, 0.717) is 22.5 Å². The first kappa shape index (κ1) is 15.8. The highest BCUT2D eigenvalue weighted by Crippen LogP contribution is 2.42. The Bertz CT molecular complexity index is 1010. The van der Waals surface area contributed by atoms with Gasteiger partial charge in [0, 0.05) is 24.9 Å². The van der Waals surface area contributed by atoms with Gasteiger partial charge in [-0.05, 0) is 48.2 Å². The summed E-state index contributed by atoms with van der Waals surface area (Å²) in [6.45, 7) is 7.14. The van der Waals surface area contributed by atoms with Gasteiger partial charge >= 0.3 is 0 Å². The lowest BCUT2D eigenvalue weighted by Gasteiger charge is -2.10. The molecule has 0 aliphatic heterocycles.